The zero-order valence-electron chi connectivity index (χ0n) is 19.2. The maximum Gasteiger partial charge on any atom is 0.224 e. The lowest BCUT2D eigenvalue weighted by Gasteiger charge is -2.26. The summed E-state index contributed by atoms with van der Waals surface area (Å²) in [7, 11) is 1.59. The van der Waals surface area contributed by atoms with E-state index in [1.54, 1.807) is 7.11 Å². The van der Waals surface area contributed by atoms with E-state index < -0.39 is 23.8 Å². The highest BCUT2D eigenvalue weighted by Crippen LogP contribution is 2.16. The highest BCUT2D eigenvalue weighted by atomic mass is 19.1. The Bertz CT molecular complexity index is 839. The fourth-order valence-corrected chi connectivity index (χ4v) is 3.50. The number of nitrogens with one attached hydrogen (secondary N) is 2. The minimum Gasteiger partial charge on any atom is -0.390 e. The number of benzene rings is 2. The number of ether oxygens (including phenoxy) is 1. The summed E-state index contributed by atoms with van der Waals surface area (Å²) in [6.07, 6.45) is -0.728. The summed E-state index contributed by atoms with van der Waals surface area (Å²) >= 11 is 0. The van der Waals surface area contributed by atoms with Gasteiger partial charge in [0.25, 0.3) is 0 Å². The van der Waals surface area contributed by atoms with Crippen molar-refractivity contribution in [2.75, 3.05) is 20.3 Å². The first-order chi connectivity index (χ1) is 15.2. The zero-order valence-corrected chi connectivity index (χ0v) is 19.2. The summed E-state index contributed by atoms with van der Waals surface area (Å²) in [4.78, 5) is 12.7. The van der Waals surface area contributed by atoms with Crippen LogP contribution in [0.4, 0.5) is 8.78 Å². The second kappa shape index (κ2) is 12.6. The molecule has 0 aromatic heterocycles. The van der Waals surface area contributed by atoms with E-state index >= 15 is 0 Å². The van der Waals surface area contributed by atoms with Crippen molar-refractivity contribution in [3.05, 3.63) is 70.8 Å². The molecule has 0 aliphatic carbocycles. The Hall–Kier alpha value is -2.35. The number of methoxy groups -OCH3 is 1. The Morgan fingerprint density at radius 2 is 1.66 bits per heavy atom. The smallest absolute Gasteiger partial charge is 0.224 e. The summed E-state index contributed by atoms with van der Waals surface area (Å²) < 4.78 is 32.4. The fraction of sp³-hybridized carbons (Fsp3) is 0.480. The predicted octanol–water partition coefficient (Wildman–Crippen LogP) is 3.34. The van der Waals surface area contributed by atoms with E-state index in [0.29, 0.717) is 18.1 Å². The van der Waals surface area contributed by atoms with E-state index in [-0.39, 0.29) is 31.3 Å². The molecule has 0 aliphatic rings. The van der Waals surface area contributed by atoms with Crippen LogP contribution in [0.2, 0.25) is 0 Å². The van der Waals surface area contributed by atoms with Crippen LogP contribution in [0.15, 0.2) is 42.5 Å². The van der Waals surface area contributed by atoms with Crippen molar-refractivity contribution in [2.45, 2.75) is 57.7 Å². The standard InChI is InChI=1S/C25H34F2N2O3/c1-16(2)20-7-5-18(6-8-20)12-25(31)29-23(24(30)14-28-17(3)15-32-4)11-19-9-21(26)13-22(27)10-19/h5-10,13,16-17,23-24,28,30H,11-12,14-15H2,1-4H3,(H,29,31). The van der Waals surface area contributed by atoms with E-state index in [1.165, 1.54) is 17.7 Å². The maximum absolute atomic E-state index is 13.6. The molecule has 0 radical (unpaired) electrons. The third-order valence-electron chi connectivity index (χ3n) is 5.29. The van der Waals surface area contributed by atoms with Crippen LogP contribution in [-0.2, 0) is 22.4 Å². The molecule has 5 nitrogen and oxygen atoms in total. The lowest BCUT2D eigenvalue weighted by Crippen LogP contribution is -2.50. The predicted molar refractivity (Wildman–Crippen MR) is 122 cm³/mol. The normalized spacial score (nSPS) is 14.2. The van der Waals surface area contributed by atoms with Crippen molar-refractivity contribution < 1.29 is 23.4 Å². The summed E-state index contributed by atoms with van der Waals surface area (Å²) in [6, 6.07) is 10.3. The Morgan fingerprint density at radius 1 is 1.03 bits per heavy atom. The maximum atomic E-state index is 13.6. The van der Waals surface area contributed by atoms with E-state index in [4.69, 9.17) is 4.74 Å². The van der Waals surface area contributed by atoms with Crippen molar-refractivity contribution in [3.63, 3.8) is 0 Å². The van der Waals surface area contributed by atoms with E-state index in [1.807, 2.05) is 31.2 Å². The van der Waals surface area contributed by atoms with Crippen LogP contribution in [0.1, 0.15) is 43.4 Å². The number of hydrogen-bond acceptors (Lipinski definition) is 4. The molecule has 1 amide bonds. The minimum absolute atomic E-state index is 0.00270. The van der Waals surface area contributed by atoms with Crippen molar-refractivity contribution in [3.8, 4) is 0 Å². The van der Waals surface area contributed by atoms with Crippen LogP contribution in [0, 0.1) is 11.6 Å². The molecule has 0 bridgehead atoms. The van der Waals surface area contributed by atoms with Crippen molar-refractivity contribution in [1.82, 2.24) is 10.6 Å². The molecule has 0 saturated carbocycles. The van der Waals surface area contributed by atoms with Crippen LogP contribution in [0.25, 0.3) is 0 Å². The first-order valence-corrected chi connectivity index (χ1v) is 10.9. The minimum atomic E-state index is -0.965. The number of carbonyl (C=O) groups excluding carboxylic acids is 1. The average molecular weight is 449 g/mol. The van der Waals surface area contributed by atoms with Gasteiger partial charge in [0.05, 0.1) is 25.2 Å². The fourth-order valence-electron chi connectivity index (χ4n) is 3.50. The van der Waals surface area contributed by atoms with E-state index in [0.717, 1.165) is 11.6 Å². The van der Waals surface area contributed by atoms with Gasteiger partial charge in [0.2, 0.25) is 5.91 Å². The molecule has 2 aromatic rings. The van der Waals surface area contributed by atoms with Crippen molar-refractivity contribution in [1.29, 1.82) is 0 Å². The van der Waals surface area contributed by atoms with Gasteiger partial charge in [-0.15, -0.1) is 0 Å². The number of carbonyl (C=O) groups is 1. The number of aliphatic hydroxyl groups is 1. The number of hydrogen-bond donors (Lipinski definition) is 3. The summed E-state index contributed by atoms with van der Waals surface area (Å²) in [5.74, 6) is -1.27. The first kappa shape index (κ1) is 25.9. The van der Waals surface area contributed by atoms with E-state index in [9.17, 15) is 18.7 Å². The number of aliphatic hydroxyl groups excluding tert-OH is 1. The molecule has 0 aliphatic heterocycles. The molecule has 2 aromatic carbocycles. The van der Waals surface area contributed by atoms with Gasteiger partial charge in [-0.3, -0.25) is 4.79 Å². The lowest BCUT2D eigenvalue weighted by molar-refractivity contribution is -0.122. The molecule has 0 heterocycles. The SMILES string of the molecule is COCC(C)NCC(O)C(Cc1cc(F)cc(F)c1)NC(=O)Cc1ccc(C(C)C)cc1. The van der Waals surface area contributed by atoms with Gasteiger partial charge in [0.15, 0.2) is 0 Å². The molecule has 3 unspecified atom stereocenters. The van der Waals surface area contributed by atoms with Crippen LogP contribution < -0.4 is 10.6 Å². The van der Waals surface area contributed by atoms with Gasteiger partial charge in [-0.05, 0) is 48.1 Å². The second-order valence-corrected chi connectivity index (χ2v) is 8.56. The van der Waals surface area contributed by atoms with Crippen LogP contribution in [0.3, 0.4) is 0 Å². The van der Waals surface area contributed by atoms with Crippen LogP contribution in [0.5, 0.6) is 0 Å². The summed E-state index contributed by atoms with van der Waals surface area (Å²) in [5.41, 5.74) is 2.40. The van der Waals surface area contributed by atoms with Gasteiger partial charge in [0, 0.05) is 25.8 Å². The molecule has 7 heteroatoms. The molecule has 0 spiro atoms. The van der Waals surface area contributed by atoms with Gasteiger partial charge in [0.1, 0.15) is 11.6 Å². The third kappa shape index (κ3) is 8.65. The topological polar surface area (TPSA) is 70.6 Å². The lowest BCUT2D eigenvalue weighted by atomic mass is 9.99. The Balaban J connectivity index is 2.08. The first-order valence-electron chi connectivity index (χ1n) is 10.9. The van der Waals surface area contributed by atoms with E-state index in [2.05, 4.69) is 24.5 Å². The monoisotopic (exact) mass is 448 g/mol. The van der Waals surface area contributed by atoms with Crippen molar-refractivity contribution in [2.24, 2.45) is 0 Å². The molecule has 32 heavy (non-hydrogen) atoms. The van der Waals surface area contributed by atoms with Gasteiger partial charge >= 0.3 is 0 Å². The van der Waals surface area contributed by atoms with Gasteiger partial charge in [-0.2, -0.15) is 0 Å². The van der Waals surface area contributed by atoms with Crippen LogP contribution >= 0.6 is 0 Å². The summed E-state index contributed by atoms with van der Waals surface area (Å²) in [6.45, 7) is 6.77. The number of rotatable bonds is 12. The Morgan fingerprint density at radius 3 is 2.22 bits per heavy atom. The third-order valence-corrected chi connectivity index (χ3v) is 5.29. The molecule has 0 saturated heterocycles. The molecule has 0 fully saturated rings. The highest BCUT2D eigenvalue weighted by molar-refractivity contribution is 5.79. The number of amides is 1. The molecular formula is C25H34F2N2O3. The largest absolute Gasteiger partial charge is 0.390 e. The summed E-state index contributed by atoms with van der Waals surface area (Å²) in [5, 5.41) is 16.7. The van der Waals surface area contributed by atoms with Gasteiger partial charge in [-0.1, -0.05) is 38.1 Å². The second-order valence-electron chi connectivity index (χ2n) is 8.56. The molecule has 2 rings (SSSR count). The molecule has 3 atom stereocenters. The quantitative estimate of drug-likeness (QED) is 0.466. The molecule has 176 valence electrons. The number of halogens is 2. The molecule has 3 N–H and O–H groups in total. The van der Waals surface area contributed by atoms with Crippen molar-refractivity contribution >= 4 is 5.91 Å². The zero-order chi connectivity index (χ0) is 23.7. The van der Waals surface area contributed by atoms with Gasteiger partial charge in [-0.25, -0.2) is 8.78 Å². The Labute approximate surface area is 189 Å². The highest BCUT2D eigenvalue weighted by Gasteiger charge is 2.23. The Kier molecular flexibility index (Phi) is 10.2. The van der Waals surface area contributed by atoms with Crippen LogP contribution in [-0.4, -0.2) is 49.5 Å². The molecular weight excluding hydrogens is 414 g/mol. The average Bonchev–Trinajstić information content (AvgIpc) is 2.71. The van der Waals surface area contributed by atoms with Gasteiger partial charge < -0.3 is 20.5 Å².